The summed E-state index contributed by atoms with van der Waals surface area (Å²) in [6.45, 7) is 4.49. The molecule has 2 aromatic rings. The van der Waals surface area contributed by atoms with Gasteiger partial charge in [0.25, 0.3) is 0 Å². The molecule has 0 aliphatic heterocycles. The van der Waals surface area contributed by atoms with E-state index in [2.05, 4.69) is 16.0 Å². The largest absolute Gasteiger partial charge is 0.494 e. The van der Waals surface area contributed by atoms with Gasteiger partial charge in [-0.1, -0.05) is 23.8 Å². The summed E-state index contributed by atoms with van der Waals surface area (Å²) in [6.07, 6.45) is 0.702. The van der Waals surface area contributed by atoms with Gasteiger partial charge in [-0.3, -0.25) is 4.79 Å². The number of anilines is 2. The molecule has 2 rings (SSSR count). The minimum absolute atomic E-state index is 0.157. The molecule has 0 fully saturated rings. The number of urea groups is 1. The molecule has 6 nitrogen and oxygen atoms in total. The third-order valence-electron chi connectivity index (χ3n) is 3.34. The summed E-state index contributed by atoms with van der Waals surface area (Å²) in [7, 11) is 0. The predicted molar refractivity (Wildman–Crippen MR) is 99.1 cm³/mol. The number of hydrogen-bond acceptors (Lipinski definition) is 3. The Kier molecular flexibility index (Phi) is 6.83. The van der Waals surface area contributed by atoms with E-state index in [0.29, 0.717) is 30.9 Å². The highest BCUT2D eigenvalue weighted by Gasteiger charge is 2.03. The van der Waals surface area contributed by atoms with Crippen molar-refractivity contribution in [2.75, 3.05) is 23.8 Å². The Balaban J connectivity index is 1.67. The molecule has 0 saturated carbocycles. The second-order valence-corrected chi connectivity index (χ2v) is 5.66. The van der Waals surface area contributed by atoms with Gasteiger partial charge in [-0.2, -0.15) is 0 Å². The fourth-order valence-electron chi connectivity index (χ4n) is 2.15. The van der Waals surface area contributed by atoms with Crippen molar-refractivity contribution in [2.24, 2.45) is 0 Å². The molecule has 0 radical (unpaired) electrons. The topological polar surface area (TPSA) is 79.5 Å². The SMILES string of the molecule is CC(=O)Nc1cccc(NC(=O)NCCCOc2ccc(C)cc2)c1. The van der Waals surface area contributed by atoms with Gasteiger partial charge in [0, 0.05) is 24.8 Å². The number of nitrogens with one attached hydrogen (secondary N) is 3. The zero-order valence-electron chi connectivity index (χ0n) is 14.5. The fraction of sp³-hybridized carbons (Fsp3) is 0.263. The van der Waals surface area contributed by atoms with Crippen LogP contribution in [0.1, 0.15) is 18.9 Å². The van der Waals surface area contributed by atoms with Crippen molar-refractivity contribution in [1.29, 1.82) is 0 Å². The minimum Gasteiger partial charge on any atom is -0.494 e. The Hall–Kier alpha value is -3.02. The maximum absolute atomic E-state index is 11.9. The summed E-state index contributed by atoms with van der Waals surface area (Å²) in [4.78, 5) is 22.9. The third kappa shape index (κ3) is 6.95. The molecule has 0 bridgehead atoms. The van der Waals surface area contributed by atoms with Gasteiger partial charge in [-0.15, -0.1) is 0 Å². The van der Waals surface area contributed by atoms with Crippen LogP contribution in [0.2, 0.25) is 0 Å². The van der Waals surface area contributed by atoms with Gasteiger partial charge in [0.05, 0.1) is 6.61 Å². The van der Waals surface area contributed by atoms with E-state index >= 15 is 0 Å². The van der Waals surface area contributed by atoms with Crippen LogP contribution in [0.3, 0.4) is 0 Å². The van der Waals surface area contributed by atoms with Crippen LogP contribution in [0, 0.1) is 6.92 Å². The lowest BCUT2D eigenvalue weighted by molar-refractivity contribution is -0.114. The van der Waals surface area contributed by atoms with Crippen molar-refractivity contribution in [3.63, 3.8) is 0 Å². The van der Waals surface area contributed by atoms with Crippen LogP contribution in [-0.4, -0.2) is 25.1 Å². The van der Waals surface area contributed by atoms with Gasteiger partial charge in [0.2, 0.25) is 5.91 Å². The average molecular weight is 341 g/mol. The summed E-state index contributed by atoms with van der Waals surface area (Å²) in [5.41, 5.74) is 2.43. The monoisotopic (exact) mass is 341 g/mol. The zero-order chi connectivity index (χ0) is 18.1. The summed E-state index contributed by atoms with van der Waals surface area (Å²) in [5, 5.41) is 8.17. The molecule has 2 aromatic carbocycles. The van der Waals surface area contributed by atoms with Crippen LogP contribution in [0.5, 0.6) is 5.75 Å². The molecule has 0 aliphatic rings. The van der Waals surface area contributed by atoms with Crippen LogP contribution in [0.15, 0.2) is 48.5 Å². The van der Waals surface area contributed by atoms with Crippen LogP contribution >= 0.6 is 0 Å². The first kappa shape index (κ1) is 18.3. The molecule has 0 atom stereocenters. The van der Waals surface area contributed by atoms with Gasteiger partial charge in [0.1, 0.15) is 5.75 Å². The molecule has 3 amide bonds. The fourth-order valence-corrected chi connectivity index (χ4v) is 2.15. The second kappa shape index (κ2) is 9.32. The normalized spacial score (nSPS) is 10.0. The Morgan fingerprint density at radius 1 is 1.00 bits per heavy atom. The lowest BCUT2D eigenvalue weighted by Gasteiger charge is -2.10. The smallest absolute Gasteiger partial charge is 0.319 e. The zero-order valence-corrected chi connectivity index (χ0v) is 14.5. The van der Waals surface area contributed by atoms with Gasteiger partial charge < -0.3 is 20.7 Å². The summed E-state index contributed by atoms with van der Waals surface area (Å²) in [6, 6.07) is 14.5. The quantitative estimate of drug-likeness (QED) is 0.674. The van der Waals surface area contributed by atoms with Crippen molar-refractivity contribution in [3.8, 4) is 5.75 Å². The molecule has 6 heteroatoms. The van der Waals surface area contributed by atoms with Crippen molar-refractivity contribution < 1.29 is 14.3 Å². The van der Waals surface area contributed by atoms with Gasteiger partial charge in [-0.25, -0.2) is 4.79 Å². The predicted octanol–water partition coefficient (Wildman–Crippen LogP) is 3.54. The highest BCUT2D eigenvalue weighted by molar-refractivity contribution is 5.92. The van der Waals surface area contributed by atoms with E-state index in [9.17, 15) is 9.59 Å². The van der Waals surface area contributed by atoms with Crippen LogP contribution in [0.4, 0.5) is 16.2 Å². The van der Waals surface area contributed by atoms with Gasteiger partial charge >= 0.3 is 6.03 Å². The van der Waals surface area contributed by atoms with Crippen molar-refractivity contribution in [3.05, 3.63) is 54.1 Å². The third-order valence-corrected chi connectivity index (χ3v) is 3.34. The first-order valence-electron chi connectivity index (χ1n) is 8.15. The number of carbonyl (C=O) groups is 2. The maximum atomic E-state index is 11.9. The molecular formula is C19H23N3O3. The van der Waals surface area contributed by atoms with Crippen molar-refractivity contribution in [2.45, 2.75) is 20.3 Å². The molecule has 0 heterocycles. The van der Waals surface area contributed by atoms with E-state index in [0.717, 1.165) is 5.75 Å². The summed E-state index contributed by atoms with van der Waals surface area (Å²) < 4.78 is 5.60. The summed E-state index contributed by atoms with van der Waals surface area (Å²) in [5.74, 6) is 0.667. The minimum atomic E-state index is -0.296. The molecule has 0 unspecified atom stereocenters. The molecule has 25 heavy (non-hydrogen) atoms. The number of carbonyl (C=O) groups excluding carboxylic acids is 2. The Morgan fingerprint density at radius 2 is 1.68 bits per heavy atom. The number of ether oxygens (including phenoxy) is 1. The first-order valence-corrected chi connectivity index (χ1v) is 8.15. The Labute approximate surface area is 147 Å². The number of benzene rings is 2. The Morgan fingerprint density at radius 3 is 2.36 bits per heavy atom. The molecule has 0 spiro atoms. The number of aryl methyl sites for hydroxylation is 1. The molecule has 0 aromatic heterocycles. The lowest BCUT2D eigenvalue weighted by atomic mass is 10.2. The van der Waals surface area contributed by atoms with E-state index in [-0.39, 0.29) is 11.9 Å². The average Bonchev–Trinajstić information content (AvgIpc) is 2.56. The number of rotatable bonds is 7. The van der Waals surface area contributed by atoms with Crippen molar-refractivity contribution >= 4 is 23.3 Å². The molecule has 132 valence electrons. The van der Waals surface area contributed by atoms with Crippen molar-refractivity contribution in [1.82, 2.24) is 5.32 Å². The van der Waals surface area contributed by atoms with E-state index in [1.165, 1.54) is 12.5 Å². The molecule has 3 N–H and O–H groups in total. The van der Waals surface area contributed by atoms with E-state index in [1.54, 1.807) is 24.3 Å². The maximum Gasteiger partial charge on any atom is 0.319 e. The highest BCUT2D eigenvalue weighted by atomic mass is 16.5. The van der Waals surface area contributed by atoms with E-state index < -0.39 is 0 Å². The molecule has 0 saturated heterocycles. The number of hydrogen-bond donors (Lipinski definition) is 3. The second-order valence-electron chi connectivity index (χ2n) is 5.66. The van der Waals surface area contributed by atoms with Gasteiger partial charge in [-0.05, 0) is 43.7 Å². The lowest BCUT2D eigenvalue weighted by Crippen LogP contribution is -2.30. The van der Waals surface area contributed by atoms with E-state index in [4.69, 9.17) is 4.74 Å². The van der Waals surface area contributed by atoms with Crippen LogP contribution in [0.25, 0.3) is 0 Å². The Bertz CT molecular complexity index is 714. The van der Waals surface area contributed by atoms with Gasteiger partial charge in [0.15, 0.2) is 0 Å². The standard InChI is InChI=1S/C19H23N3O3/c1-14-7-9-18(10-8-14)25-12-4-11-20-19(24)22-17-6-3-5-16(13-17)21-15(2)23/h3,5-10,13H,4,11-12H2,1-2H3,(H,21,23)(H2,20,22,24). The first-order chi connectivity index (χ1) is 12.0. The molecular weight excluding hydrogens is 318 g/mol. The van der Waals surface area contributed by atoms with Crippen LogP contribution < -0.4 is 20.7 Å². The number of amides is 3. The summed E-state index contributed by atoms with van der Waals surface area (Å²) >= 11 is 0. The highest BCUT2D eigenvalue weighted by Crippen LogP contribution is 2.15. The van der Waals surface area contributed by atoms with Crippen LogP contribution in [-0.2, 0) is 4.79 Å². The molecule has 0 aliphatic carbocycles. The van der Waals surface area contributed by atoms with E-state index in [1.807, 2.05) is 31.2 Å².